The first-order valence-corrected chi connectivity index (χ1v) is 12.2. The monoisotopic (exact) mass is 440 g/mol. The second-order valence-corrected chi connectivity index (χ2v) is 10.8. The van der Waals surface area contributed by atoms with Crippen LogP contribution >= 0.6 is 0 Å². The normalized spacial score (nSPS) is 16.8. The summed E-state index contributed by atoms with van der Waals surface area (Å²) in [7, 11) is -1.87. The quantitative estimate of drug-likeness (QED) is 0.730. The zero-order valence-electron chi connectivity index (χ0n) is 16.7. The number of likely N-dealkylation sites (N-methyl/N-ethyl adjacent to an activating group) is 1. The molecule has 3 rings (SSSR count). The van der Waals surface area contributed by atoms with Gasteiger partial charge in [0.15, 0.2) is 9.84 Å². The van der Waals surface area contributed by atoms with Crippen molar-refractivity contribution in [3.05, 3.63) is 42.0 Å². The number of hydrogen-bond donors (Lipinski definition) is 1. The number of benzene rings is 2. The van der Waals surface area contributed by atoms with Crippen LogP contribution in [0.2, 0.25) is 0 Å². The van der Waals surface area contributed by atoms with Crippen molar-refractivity contribution >= 4 is 25.5 Å². The lowest BCUT2D eigenvalue weighted by molar-refractivity contribution is 0.164. The van der Waals surface area contributed by atoms with E-state index in [2.05, 4.69) is 4.72 Å². The van der Waals surface area contributed by atoms with Gasteiger partial charge in [-0.2, -0.15) is 0 Å². The molecular formula is C19H24N2O6S2. The third-order valence-electron chi connectivity index (χ3n) is 4.83. The van der Waals surface area contributed by atoms with Crippen molar-refractivity contribution in [1.82, 2.24) is 4.90 Å². The number of fused-ring (bicyclic) bond motifs is 1. The third kappa shape index (κ3) is 4.49. The van der Waals surface area contributed by atoms with Crippen molar-refractivity contribution < 1.29 is 26.3 Å². The number of sulfonamides is 1. The van der Waals surface area contributed by atoms with E-state index in [0.29, 0.717) is 30.2 Å². The van der Waals surface area contributed by atoms with Crippen molar-refractivity contribution in [3.8, 4) is 11.5 Å². The number of sulfone groups is 1. The van der Waals surface area contributed by atoms with Gasteiger partial charge in [0.25, 0.3) is 10.0 Å². The van der Waals surface area contributed by atoms with E-state index < -0.39 is 19.9 Å². The predicted molar refractivity (Wildman–Crippen MR) is 110 cm³/mol. The summed E-state index contributed by atoms with van der Waals surface area (Å²) in [6.07, 6.45) is 1.72. The van der Waals surface area contributed by atoms with Gasteiger partial charge in [-0.15, -0.1) is 0 Å². The fraction of sp³-hybridized carbons (Fsp3) is 0.368. The molecule has 1 aliphatic rings. The minimum Gasteiger partial charge on any atom is -0.496 e. The summed E-state index contributed by atoms with van der Waals surface area (Å²) >= 11 is 0. The van der Waals surface area contributed by atoms with Gasteiger partial charge in [-0.1, -0.05) is 0 Å². The number of nitrogens with one attached hydrogen (secondary N) is 1. The molecule has 0 amide bonds. The van der Waals surface area contributed by atoms with Crippen LogP contribution < -0.4 is 14.2 Å². The van der Waals surface area contributed by atoms with Crippen LogP contribution in [0.15, 0.2) is 46.2 Å². The van der Waals surface area contributed by atoms with Crippen LogP contribution in [0.1, 0.15) is 5.56 Å². The Morgan fingerprint density at radius 3 is 2.21 bits per heavy atom. The number of rotatable bonds is 6. The van der Waals surface area contributed by atoms with Crippen molar-refractivity contribution in [2.75, 3.05) is 38.8 Å². The molecule has 0 aromatic heterocycles. The van der Waals surface area contributed by atoms with E-state index in [9.17, 15) is 16.8 Å². The molecule has 1 aliphatic heterocycles. The maximum Gasteiger partial charge on any atom is 0.262 e. The first kappa shape index (κ1) is 21.4. The van der Waals surface area contributed by atoms with E-state index in [4.69, 9.17) is 9.47 Å². The summed E-state index contributed by atoms with van der Waals surface area (Å²) in [5, 5.41) is 0. The van der Waals surface area contributed by atoms with Crippen molar-refractivity contribution in [2.45, 2.75) is 22.3 Å². The minimum atomic E-state index is -3.93. The molecule has 0 bridgehead atoms. The van der Waals surface area contributed by atoms with Crippen LogP contribution in [0.3, 0.4) is 0 Å². The van der Waals surface area contributed by atoms with Crippen LogP contribution in [-0.4, -0.2) is 61.8 Å². The molecule has 0 saturated carbocycles. The Kier molecular flexibility index (Phi) is 5.79. The third-order valence-corrected chi connectivity index (χ3v) is 7.34. The number of nitrogens with zero attached hydrogens (tertiary/aromatic N) is 1. The van der Waals surface area contributed by atoms with Crippen molar-refractivity contribution in [3.63, 3.8) is 0 Å². The molecular weight excluding hydrogens is 416 g/mol. The van der Waals surface area contributed by atoms with Crippen molar-refractivity contribution in [1.29, 1.82) is 0 Å². The van der Waals surface area contributed by atoms with Crippen LogP contribution in [0.4, 0.5) is 5.69 Å². The van der Waals surface area contributed by atoms with Crippen LogP contribution in [-0.2, 0) is 26.3 Å². The smallest absolute Gasteiger partial charge is 0.262 e. The number of ether oxygens (including phenoxy) is 2. The highest BCUT2D eigenvalue weighted by molar-refractivity contribution is 7.92. The Labute approximate surface area is 171 Å². The molecule has 8 nitrogen and oxygen atoms in total. The van der Waals surface area contributed by atoms with Gasteiger partial charge in [0, 0.05) is 17.9 Å². The summed E-state index contributed by atoms with van der Waals surface area (Å²) in [5.41, 5.74) is 1.11. The second kappa shape index (κ2) is 7.85. The van der Waals surface area contributed by atoms with Gasteiger partial charge in [0.1, 0.15) is 18.1 Å². The van der Waals surface area contributed by atoms with E-state index in [1.54, 1.807) is 19.2 Å². The lowest BCUT2D eigenvalue weighted by Crippen LogP contribution is -2.38. The molecule has 0 spiro atoms. The first-order chi connectivity index (χ1) is 13.5. The molecule has 0 unspecified atom stereocenters. The molecule has 1 heterocycles. The molecule has 2 aromatic rings. The highest BCUT2D eigenvalue weighted by Crippen LogP contribution is 2.40. The molecule has 10 heteroatoms. The molecule has 2 aromatic carbocycles. The van der Waals surface area contributed by atoms with Gasteiger partial charge in [0.05, 0.1) is 22.6 Å². The maximum atomic E-state index is 12.8. The Morgan fingerprint density at radius 2 is 1.66 bits per heavy atom. The SMILES string of the molecule is COc1ccc(NS(=O)(=O)c2ccc(S(C)(=O)=O)cc2)c2c1C[C@@H](N(C)C)CO2. The Morgan fingerprint density at radius 1 is 1.03 bits per heavy atom. The second-order valence-electron chi connectivity index (χ2n) is 7.10. The molecule has 29 heavy (non-hydrogen) atoms. The van der Waals surface area contributed by atoms with E-state index >= 15 is 0 Å². The Balaban J connectivity index is 1.95. The van der Waals surface area contributed by atoms with E-state index in [1.807, 2.05) is 19.0 Å². The zero-order chi connectivity index (χ0) is 21.4. The van der Waals surface area contributed by atoms with Gasteiger partial charge in [-0.05, 0) is 56.9 Å². The number of anilines is 1. The topological polar surface area (TPSA) is 102 Å². The van der Waals surface area contributed by atoms with Gasteiger partial charge >= 0.3 is 0 Å². The average molecular weight is 441 g/mol. The van der Waals surface area contributed by atoms with Gasteiger partial charge in [-0.25, -0.2) is 16.8 Å². The Bertz CT molecular complexity index is 1110. The standard InChI is InChI=1S/C19H24N2O6S2/c1-21(2)13-11-16-18(26-3)10-9-17(19(16)27-12-13)20-29(24,25)15-7-5-14(6-8-15)28(4,22)23/h5-10,13,20H,11-12H2,1-4H3/t13-/m1/s1. The molecule has 0 saturated heterocycles. The van der Waals surface area contributed by atoms with Gasteiger partial charge in [0.2, 0.25) is 0 Å². The van der Waals surface area contributed by atoms with Crippen molar-refractivity contribution in [2.24, 2.45) is 0 Å². The largest absolute Gasteiger partial charge is 0.496 e. The van der Waals surface area contributed by atoms with Crippen LogP contribution in [0.5, 0.6) is 11.5 Å². The summed E-state index contributed by atoms with van der Waals surface area (Å²) in [6.45, 7) is 0.422. The number of methoxy groups -OCH3 is 1. The maximum absolute atomic E-state index is 12.8. The summed E-state index contributed by atoms with van der Waals surface area (Å²) < 4.78 is 62.7. The van der Waals surface area contributed by atoms with Gasteiger partial charge < -0.3 is 14.4 Å². The van der Waals surface area contributed by atoms with E-state index in [-0.39, 0.29) is 15.8 Å². The van der Waals surface area contributed by atoms with E-state index in [0.717, 1.165) is 11.8 Å². The molecule has 0 radical (unpaired) electrons. The van der Waals surface area contributed by atoms with Crippen LogP contribution in [0, 0.1) is 0 Å². The number of hydrogen-bond acceptors (Lipinski definition) is 7. The molecule has 0 fully saturated rings. The van der Waals surface area contributed by atoms with Crippen LogP contribution in [0.25, 0.3) is 0 Å². The molecule has 1 N–H and O–H groups in total. The molecule has 158 valence electrons. The first-order valence-electron chi connectivity index (χ1n) is 8.85. The highest BCUT2D eigenvalue weighted by atomic mass is 32.2. The highest BCUT2D eigenvalue weighted by Gasteiger charge is 2.28. The summed E-state index contributed by atoms with van der Waals surface area (Å²) in [6, 6.07) is 8.50. The lowest BCUT2D eigenvalue weighted by atomic mass is 10.00. The van der Waals surface area contributed by atoms with E-state index in [1.165, 1.54) is 24.3 Å². The molecule has 0 aliphatic carbocycles. The predicted octanol–water partition coefficient (Wildman–Crippen LogP) is 1.76. The average Bonchev–Trinajstić information content (AvgIpc) is 2.67. The van der Waals surface area contributed by atoms with Gasteiger partial charge in [-0.3, -0.25) is 4.72 Å². The zero-order valence-corrected chi connectivity index (χ0v) is 18.3. The molecule has 1 atom stereocenters. The Hall–Kier alpha value is -2.30. The fourth-order valence-corrected chi connectivity index (χ4v) is 4.81. The summed E-state index contributed by atoms with van der Waals surface area (Å²) in [4.78, 5) is 2.05. The lowest BCUT2D eigenvalue weighted by Gasteiger charge is -2.32. The summed E-state index contributed by atoms with van der Waals surface area (Å²) in [5.74, 6) is 1.07. The fourth-order valence-electron chi connectivity index (χ4n) is 3.11. The minimum absolute atomic E-state index is 0.0450.